The summed E-state index contributed by atoms with van der Waals surface area (Å²) >= 11 is 7.85. The quantitative estimate of drug-likeness (QED) is 0.876. The van der Waals surface area contributed by atoms with Gasteiger partial charge < -0.3 is 10.4 Å². The molecule has 1 aromatic carbocycles. The first-order valence-electron chi connectivity index (χ1n) is 7.00. The lowest BCUT2D eigenvalue weighted by atomic mass is 9.94. The molecule has 1 heterocycles. The van der Waals surface area contributed by atoms with Crippen molar-refractivity contribution in [1.29, 1.82) is 0 Å². The summed E-state index contributed by atoms with van der Waals surface area (Å²) in [6, 6.07) is 10.8. The second-order valence-electron chi connectivity index (χ2n) is 5.19. The molecule has 0 amide bonds. The molecule has 1 unspecified atom stereocenters. The van der Waals surface area contributed by atoms with E-state index in [1.807, 2.05) is 0 Å². The minimum atomic E-state index is 0.201. The Hall–Kier alpha value is -1.03. The Labute approximate surface area is 128 Å². The van der Waals surface area contributed by atoms with Gasteiger partial charge in [0.25, 0.3) is 0 Å². The molecule has 2 aromatic rings. The number of aryl methyl sites for hydroxylation is 1. The number of anilines is 1. The van der Waals surface area contributed by atoms with Crippen molar-refractivity contribution in [2.75, 3.05) is 11.9 Å². The van der Waals surface area contributed by atoms with Gasteiger partial charge in [-0.15, -0.1) is 11.3 Å². The van der Waals surface area contributed by atoms with E-state index in [1.165, 1.54) is 22.4 Å². The molecule has 0 aliphatic heterocycles. The molecule has 1 aliphatic carbocycles. The molecule has 1 atom stereocenters. The van der Waals surface area contributed by atoms with Crippen molar-refractivity contribution >= 4 is 28.6 Å². The van der Waals surface area contributed by atoms with Gasteiger partial charge in [-0.3, -0.25) is 0 Å². The molecule has 0 radical (unpaired) electrons. The fraction of sp³-hybridized carbons (Fsp3) is 0.375. The van der Waals surface area contributed by atoms with E-state index in [4.69, 9.17) is 16.7 Å². The zero-order valence-electron chi connectivity index (χ0n) is 11.2. The molecular weight excluding hydrogens is 290 g/mol. The summed E-state index contributed by atoms with van der Waals surface area (Å²) in [6.45, 7) is 0.201. The summed E-state index contributed by atoms with van der Waals surface area (Å²) in [5, 5.41) is 12.5. The van der Waals surface area contributed by atoms with E-state index in [1.54, 1.807) is 11.3 Å². The third-order valence-electron chi connectivity index (χ3n) is 3.78. The zero-order chi connectivity index (χ0) is 13.9. The van der Waals surface area contributed by atoms with Crippen LogP contribution in [-0.2, 0) is 12.8 Å². The zero-order valence-corrected chi connectivity index (χ0v) is 12.8. The number of aliphatic hydroxyl groups is 1. The van der Waals surface area contributed by atoms with Gasteiger partial charge in [-0.25, -0.2) is 0 Å². The molecular formula is C16H18ClNOS. The number of halogens is 1. The number of hydrogen-bond donors (Lipinski definition) is 2. The minimum Gasteiger partial charge on any atom is -0.396 e. The molecule has 2 nitrogen and oxygen atoms in total. The van der Waals surface area contributed by atoms with Gasteiger partial charge in [0.05, 0.1) is 10.4 Å². The number of hydrogen-bond acceptors (Lipinski definition) is 3. The summed E-state index contributed by atoms with van der Waals surface area (Å²) in [7, 11) is 0. The maximum absolute atomic E-state index is 8.93. The largest absolute Gasteiger partial charge is 0.396 e. The molecule has 3 rings (SSSR count). The molecule has 20 heavy (non-hydrogen) atoms. The highest BCUT2D eigenvalue weighted by atomic mass is 35.5. The Morgan fingerprint density at radius 2 is 2.10 bits per heavy atom. The average molecular weight is 308 g/mol. The van der Waals surface area contributed by atoms with Crippen molar-refractivity contribution in [2.24, 2.45) is 0 Å². The second kappa shape index (κ2) is 6.17. The summed E-state index contributed by atoms with van der Waals surface area (Å²) in [4.78, 5) is 1.43. The molecule has 0 saturated heterocycles. The van der Waals surface area contributed by atoms with Crippen molar-refractivity contribution in [1.82, 2.24) is 0 Å². The molecule has 0 fully saturated rings. The van der Waals surface area contributed by atoms with Crippen LogP contribution in [0.3, 0.4) is 0 Å². The predicted octanol–water partition coefficient (Wildman–Crippen LogP) is 4.43. The van der Waals surface area contributed by atoms with E-state index in [0.717, 1.165) is 22.9 Å². The number of nitrogens with one attached hydrogen (secondary N) is 1. The molecule has 0 saturated carbocycles. The van der Waals surface area contributed by atoms with Crippen molar-refractivity contribution in [3.8, 4) is 0 Å². The molecule has 0 spiro atoms. The number of thiophene rings is 1. The lowest BCUT2D eigenvalue weighted by molar-refractivity contribution is 0.299. The standard InChI is InChI=1S/C16H18ClNOS/c17-16-10-13-14(2-1-3-15(13)20-16)18-12-6-4-11(5-7-12)8-9-19/h4-7,10,14,18-19H,1-3,8-9H2. The lowest BCUT2D eigenvalue weighted by Gasteiger charge is -2.24. The van der Waals surface area contributed by atoms with E-state index in [9.17, 15) is 0 Å². The first-order valence-corrected chi connectivity index (χ1v) is 8.20. The Kier molecular flexibility index (Phi) is 4.29. The molecule has 106 valence electrons. The minimum absolute atomic E-state index is 0.201. The van der Waals surface area contributed by atoms with Crippen LogP contribution >= 0.6 is 22.9 Å². The Morgan fingerprint density at radius 3 is 2.85 bits per heavy atom. The van der Waals surface area contributed by atoms with Gasteiger partial charge in [-0.1, -0.05) is 23.7 Å². The summed E-state index contributed by atoms with van der Waals surface area (Å²) in [5.74, 6) is 0. The molecule has 1 aliphatic rings. The highest BCUT2D eigenvalue weighted by molar-refractivity contribution is 7.16. The van der Waals surface area contributed by atoms with E-state index in [0.29, 0.717) is 12.5 Å². The number of fused-ring (bicyclic) bond motifs is 1. The van der Waals surface area contributed by atoms with Gasteiger partial charge in [0.2, 0.25) is 0 Å². The SMILES string of the molecule is OCCc1ccc(NC2CCCc3sc(Cl)cc32)cc1. The predicted molar refractivity (Wildman–Crippen MR) is 85.9 cm³/mol. The summed E-state index contributed by atoms with van der Waals surface area (Å²) in [6.07, 6.45) is 4.23. The van der Waals surface area contributed by atoms with Crippen molar-refractivity contribution in [2.45, 2.75) is 31.7 Å². The summed E-state index contributed by atoms with van der Waals surface area (Å²) < 4.78 is 0.891. The van der Waals surface area contributed by atoms with Crippen LogP contribution < -0.4 is 5.32 Å². The molecule has 4 heteroatoms. The Bertz CT molecular complexity index is 579. The first-order chi connectivity index (χ1) is 9.76. The third kappa shape index (κ3) is 3.00. The van der Waals surface area contributed by atoms with Gasteiger partial charge in [0, 0.05) is 17.2 Å². The van der Waals surface area contributed by atoms with E-state index < -0.39 is 0 Å². The monoisotopic (exact) mass is 307 g/mol. The van der Waals surface area contributed by atoms with Gasteiger partial charge in [-0.2, -0.15) is 0 Å². The second-order valence-corrected chi connectivity index (χ2v) is 6.96. The van der Waals surface area contributed by atoms with E-state index >= 15 is 0 Å². The van der Waals surface area contributed by atoms with E-state index in [-0.39, 0.29) is 6.61 Å². The smallest absolute Gasteiger partial charge is 0.0934 e. The normalized spacial score (nSPS) is 17.8. The molecule has 0 bridgehead atoms. The van der Waals surface area contributed by atoms with Crippen LogP contribution in [0.1, 0.15) is 34.9 Å². The summed E-state index contributed by atoms with van der Waals surface area (Å²) in [5.41, 5.74) is 3.67. The van der Waals surface area contributed by atoms with Gasteiger partial charge in [0.1, 0.15) is 0 Å². The van der Waals surface area contributed by atoms with Crippen LogP contribution in [0, 0.1) is 0 Å². The highest BCUT2D eigenvalue weighted by Crippen LogP contribution is 2.39. The Morgan fingerprint density at radius 1 is 1.30 bits per heavy atom. The van der Waals surface area contributed by atoms with Crippen LogP contribution in [0.4, 0.5) is 5.69 Å². The maximum Gasteiger partial charge on any atom is 0.0934 e. The van der Waals surface area contributed by atoms with Crippen LogP contribution in [-0.4, -0.2) is 11.7 Å². The number of rotatable bonds is 4. The molecule has 2 N–H and O–H groups in total. The Balaban J connectivity index is 1.75. The maximum atomic E-state index is 8.93. The number of benzene rings is 1. The lowest BCUT2D eigenvalue weighted by Crippen LogP contribution is -2.15. The highest BCUT2D eigenvalue weighted by Gasteiger charge is 2.22. The van der Waals surface area contributed by atoms with Crippen LogP contribution in [0.2, 0.25) is 4.34 Å². The van der Waals surface area contributed by atoms with Gasteiger partial charge in [0.15, 0.2) is 0 Å². The van der Waals surface area contributed by atoms with Crippen molar-refractivity contribution < 1.29 is 5.11 Å². The fourth-order valence-electron chi connectivity index (χ4n) is 2.77. The number of aliphatic hydroxyl groups excluding tert-OH is 1. The van der Waals surface area contributed by atoms with Gasteiger partial charge >= 0.3 is 0 Å². The van der Waals surface area contributed by atoms with Crippen LogP contribution in [0.15, 0.2) is 30.3 Å². The fourth-order valence-corrected chi connectivity index (χ4v) is 4.15. The van der Waals surface area contributed by atoms with Crippen LogP contribution in [0.25, 0.3) is 0 Å². The van der Waals surface area contributed by atoms with Crippen molar-refractivity contribution in [3.63, 3.8) is 0 Å². The van der Waals surface area contributed by atoms with E-state index in [2.05, 4.69) is 35.6 Å². The first kappa shape index (κ1) is 13.9. The molecule has 1 aromatic heterocycles. The average Bonchev–Trinajstić information content (AvgIpc) is 2.83. The van der Waals surface area contributed by atoms with Crippen LogP contribution in [0.5, 0.6) is 0 Å². The van der Waals surface area contributed by atoms with Crippen molar-refractivity contribution in [3.05, 3.63) is 50.7 Å². The van der Waals surface area contributed by atoms with Gasteiger partial charge in [-0.05, 0) is 55.0 Å². The topological polar surface area (TPSA) is 32.3 Å². The third-order valence-corrected chi connectivity index (χ3v) is 5.12.